The number of nitrogens with zero attached hydrogens (tertiary/aromatic N) is 5. The Bertz CT molecular complexity index is 1420. The summed E-state index contributed by atoms with van der Waals surface area (Å²) in [4.78, 5) is 23.9. The van der Waals surface area contributed by atoms with Crippen molar-refractivity contribution in [1.29, 1.82) is 0 Å². The highest BCUT2D eigenvalue weighted by molar-refractivity contribution is 6.06. The molecule has 4 aromatic rings. The fraction of sp³-hybridized carbons (Fsp3) is 0.308. The molecule has 0 saturated carbocycles. The first-order chi connectivity index (χ1) is 16.9. The zero-order valence-electron chi connectivity index (χ0n) is 19.6. The summed E-state index contributed by atoms with van der Waals surface area (Å²) in [6.07, 6.45) is 4.35. The Morgan fingerprint density at radius 1 is 1.20 bits per heavy atom. The molecule has 6 rings (SSSR count). The SMILES string of the molecule is CC1(C)C(=O)Nc2cc(Nc3nc4c(N5C[C@@H](CO)C[C@@H]5c5ccccc5)nccn4n3)ccc21. The molecule has 0 bridgehead atoms. The van der Waals surface area contributed by atoms with Crippen LogP contribution in [0, 0.1) is 5.92 Å². The van der Waals surface area contributed by atoms with Gasteiger partial charge in [-0.2, -0.15) is 4.98 Å². The minimum Gasteiger partial charge on any atom is -0.396 e. The van der Waals surface area contributed by atoms with Crippen molar-refractivity contribution in [2.45, 2.75) is 31.7 Å². The highest BCUT2D eigenvalue weighted by Crippen LogP contribution is 2.40. The number of nitrogens with one attached hydrogen (secondary N) is 2. The molecule has 2 atom stereocenters. The van der Waals surface area contributed by atoms with Crippen molar-refractivity contribution in [2.24, 2.45) is 5.92 Å². The number of rotatable bonds is 5. The summed E-state index contributed by atoms with van der Waals surface area (Å²) in [6.45, 7) is 4.66. The van der Waals surface area contributed by atoms with E-state index in [4.69, 9.17) is 4.98 Å². The summed E-state index contributed by atoms with van der Waals surface area (Å²) >= 11 is 0. The monoisotopic (exact) mass is 469 g/mol. The molecular weight excluding hydrogens is 442 g/mol. The van der Waals surface area contributed by atoms with Gasteiger partial charge in [0, 0.05) is 42.8 Å². The van der Waals surface area contributed by atoms with Gasteiger partial charge in [-0.05, 0) is 43.5 Å². The quantitative estimate of drug-likeness (QED) is 0.409. The van der Waals surface area contributed by atoms with Gasteiger partial charge in [0.1, 0.15) is 0 Å². The third kappa shape index (κ3) is 3.59. The lowest BCUT2D eigenvalue weighted by atomic mass is 9.86. The van der Waals surface area contributed by atoms with E-state index in [9.17, 15) is 9.90 Å². The number of amides is 1. The van der Waals surface area contributed by atoms with E-state index in [2.05, 4.69) is 37.7 Å². The maximum atomic E-state index is 12.3. The summed E-state index contributed by atoms with van der Waals surface area (Å²) in [7, 11) is 0. The standard InChI is InChI=1S/C26H27N7O2/c1-26(2)19-9-8-18(13-20(19)29-24(26)35)28-25-30-23-22(27-10-11-33(23)31-25)32-14-16(15-34)12-21(32)17-6-4-3-5-7-17/h3-11,13,16,21,34H,12,14-15H2,1-2H3,(H,28,31)(H,29,35)/t16-,21+/m0/s1. The largest absolute Gasteiger partial charge is 0.396 e. The highest BCUT2D eigenvalue weighted by atomic mass is 16.3. The highest BCUT2D eigenvalue weighted by Gasteiger charge is 2.38. The Kier molecular flexibility index (Phi) is 4.96. The van der Waals surface area contributed by atoms with Crippen LogP contribution in [0.4, 0.5) is 23.1 Å². The molecule has 35 heavy (non-hydrogen) atoms. The van der Waals surface area contributed by atoms with Crippen molar-refractivity contribution in [2.75, 3.05) is 28.7 Å². The van der Waals surface area contributed by atoms with Crippen LogP contribution < -0.4 is 15.5 Å². The lowest BCUT2D eigenvalue weighted by molar-refractivity contribution is -0.119. The minimum absolute atomic E-state index is 0.00834. The Hall–Kier alpha value is -3.98. The van der Waals surface area contributed by atoms with E-state index in [1.54, 1.807) is 16.9 Å². The lowest BCUT2D eigenvalue weighted by Gasteiger charge is -2.26. The predicted molar refractivity (Wildman–Crippen MR) is 134 cm³/mol. The van der Waals surface area contributed by atoms with Gasteiger partial charge in [-0.15, -0.1) is 5.10 Å². The second-order valence-corrected chi connectivity index (χ2v) is 9.78. The van der Waals surface area contributed by atoms with Gasteiger partial charge in [0.05, 0.1) is 11.5 Å². The van der Waals surface area contributed by atoms with Crippen molar-refractivity contribution in [3.63, 3.8) is 0 Å². The summed E-state index contributed by atoms with van der Waals surface area (Å²) < 4.78 is 1.72. The van der Waals surface area contributed by atoms with Gasteiger partial charge in [-0.1, -0.05) is 36.4 Å². The molecule has 2 aliphatic rings. The molecular formula is C26H27N7O2. The van der Waals surface area contributed by atoms with E-state index in [1.165, 1.54) is 5.56 Å². The van der Waals surface area contributed by atoms with Crippen LogP contribution in [0.1, 0.15) is 37.4 Å². The van der Waals surface area contributed by atoms with Gasteiger partial charge in [0.2, 0.25) is 11.9 Å². The molecule has 2 aromatic heterocycles. The van der Waals surface area contributed by atoms with Crippen LogP contribution in [0.2, 0.25) is 0 Å². The summed E-state index contributed by atoms with van der Waals surface area (Å²) in [6, 6.07) is 16.2. The maximum Gasteiger partial charge on any atom is 0.247 e. The number of anilines is 4. The number of aliphatic hydroxyl groups excluding tert-OH is 1. The summed E-state index contributed by atoms with van der Waals surface area (Å²) in [5, 5.41) is 20.7. The molecule has 2 aliphatic heterocycles. The predicted octanol–water partition coefficient (Wildman–Crippen LogP) is 3.66. The van der Waals surface area contributed by atoms with E-state index in [0.29, 0.717) is 18.1 Å². The molecule has 1 amide bonds. The van der Waals surface area contributed by atoms with Crippen LogP contribution in [0.25, 0.3) is 5.65 Å². The molecule has 1 saturated heterocycles. The van der Waals surface area contributed by atoms with Crippen molar-refractivity contribution in [3.8, 4) is 0 Å². The smallest absolute Gasteiger partial charge is 0.247 e. The van der Waals surface area contributed by atoms with E-state index in [1.807, 2.05) is 50.2 Å². The van der Waals surface area contributed by atoms with Crippen LogP contribution in [-0.2, 0) is 10.2 Å². The molecule has 0 aliphatic carbocycles. The topological polar surface area (TPSA) is 108 Å². The normalized spacial score (nSPS) is 20.8. The third-order valence-electron chi connectivity index (χ3n) is 7.10. The van der Waals surface area contributed by atoms with Gasteiger partial charge in [0.25, 0.3) is 0 Å². The second-order valence-electron chi connectivity index (χ2n) is 9.78. The fourth-order valence-electron chi connectivity index (χ4n) is 5.14. The molecule has 178 valence electrons. The van der Waals surface area contributed by atoms with E-state index < -0.39 is 5.41 Å². The first-order valence-corrected chi connectivity index (χ1v) is 11.8. The fourth-order valence-corrected chi connectivity index (χ4v) is 5.14. The average molecular weight is 470 g/mol. The van der Waals surface area contributed by atoms with Gasteiger partial charge in [-0.3, -0.25) is 4.79 Å². The van der Waals surface area contributed by atoms with Gasteiger partial charge >= 0.3 is 0 Å². The maximum absolute atomic E-state index is 12.3. The number of benzene rings is 2. The minimum atomic E-state index is -0.548. The molecule has 0 spiro atoms. The first-order valence-electron chi connectivity index (χ1n) is 11.8. The Morgan fingerprint density at radius 2 is 2.03 bits per heavy atom. The number of aromatic nitrogens is 4. The second kappa shape index (κ2) is 8.06. The van der Waals surface area contributed by atoms with E-state index >= 15 is 0 Å². The average Bonchev–Trinajstić information content (AvgIpc) is 3.53. The molecule has 4 heterocycles. The molecule has 3 N–H and O–H groups in total. The molecule has 0 unspecified atom stereocenters. The number of fused-ring (bicyclic) bond motifs is 2. The lowest BCUT2D eigenvalue weighted by Crippen LogP contribution is -2.26. The van der Waals surface area contributed by atoms with Crippen molar-refractivity contribution < 1.29 is 9.90 Å². The van der Waals surface area contributed by atoms with Crippen LogP contribution in [0.5, 0.6) is 0 Å². The van der Waals surface area contributed by atoms with Crippen molar-refractivity contribution in [3.05, 3.63) is 72.1 Å². The number of carbonyl (C=O) groups excluding carboxylic acids is 1. The third-order valence-corrected chi connectivity index (χ3v) is 7.10. The van der Waals surface area contributed by atoms with Crippen LogP contribution in [-0.4, -0.2) is 43.7 Å². The number of hydrogen-bond acceptors (Lipinski definition) is 7. The van der Waals surface area contributed by atoms with Gasteiger partial charge < -0.3 is 20.6 Å². The van der Waals surface area contributed by atoms with E-state index in [0.717, 1.165) is 29.2 Å². The van der Waals surface area contributed by atoms with E-state index in [-0.39, 0.29) is 24.5 Å². The summed E-state index contributed by atoms with van der Waals surface area (Å²) in [5.41, 5.74) is 3.85. The summed E-state index contributed by atoms with van der Waals surface area (Å²) in [5.74, 6) is 1.33. The van der Waals surface area contributed by atoms with Gasteiger partial charge in [-0.25, -0.2) is 9.50 Å². The molecule has 9 heteroatoms. The molecule has 0 radical (unpaired) electrons. The first kappa shape index (κ1) is 21.5. The number of hydrogen-bond donors (Lipinski definition) is 3. The zero-order valence-corrected chi connectivity index (χ0v) is 19.6. The van der Waals surface area contributed by atoms with Crippen molar-refractivity contribution >= 4 is 34.7 Å². The van der Waals surface area contributed by atoms with Crippen LogP contribution in [0.15, 0.2) is 60.9 Å². The number of carbonyl (C=O) groups is 1. The van der Waals surface area contributed by atoms with Crippen LogP contribution >= 0.6 is 0 Å². The van der Waals surface area contributed by atoms with Crippen molar-refractivity contribution in [1.82, 2.24) is 19.6 Å². The van der Waals surface area contributed by atoms with Gasteiger partial charge in [0.15, 0.2) is 11.5 Å². The Morgan fingerprint density at radius 3 is 2.83 bits per heavy atom. The molecule has 1 fully saturated rings. The number of aliphatic hydroxyl groups is 1. The Balaban J connectivity index is 1.33. The molecule has 2 aromatic carbocycles. The zero-order chi connectivity index (χ0) is 24.2. The Labute approximate surface area is 202 Å². The van der Waals surface area contributed by atoms with Crippen LogP contribution in [0.3, 0.4) is 0 Å². The molecule has 9 nitrogen and oxygen atoms in total.